The van der Waals surface area contributed by atoms with Crippen molar-refractivity contribution in [3.63, 3.8) is 0 Å². The van der Waals surface area contributed by atoms with Crippen LogP contribution in [0.5, 0.6) is 0 Å². The monoisotopic (exact) mass is 670 g/mol. The molecule has 0 heterocycles. The minimum atomic E-state index is -3.76. The molecule has 0 aliphatic heterocycles. The van der Waals surface area contributed by atoms with Crippen LogP contribution < -0.4 is 0 Å². The van der Waals surface area contributed by atoms with Crippen LogP contribution in [0.1, 0.15) is 0 Å². The maximum absolute atomic E-state index is 11.0. The number of carbonyl (C=O) groups excluding carboxylic acids is 3. The third-order valence-electron chi connectivity index (χ3n) is 1.01. The molecule has 6 nitrogen and oxygen atoms in total. The predicted molar refractivity (Wildman–Crippen MR) is 80.7 cm³/mol. The standard InChI is InChI=1S/3C2H3IO2.In/c3*3-1-2(4)5;/h3*1H2,(H,4,5);/q;;;+3/p-3. The average Bonchev–Trinajstić information content (AvgIpc) is 2.28. The summed E-state index contributed by atoms with van der Waals surface area (Å²) in [5.41, 5.74) is 0. The van der Waals surface area contributed by atoms with Crippen molar-refractivity contribution in [3.05, 3.63) is 0 Å². The van der Waals surface area contributed by atoms with E-state index in [-0.39, 0.29) is 13.3 Å². The van der Waals surface area contributed by atoms with Crippen molar-refractivity contribution in [1.82, 2.24) is 0 Å². The summed E-state index contributed by atoms with van der Waals surface area (Å²) in [6.07, 6.45) is 0. The Hall–Kier alpha value is 1.47. The van der Waals surface area contributed by atoms with Gasteiger partial charge in [0, 0.05) is 0 Å². The van der Waals surface area contributed by atoms with Crippen molar-refractivity contribution < 1.29 is 22.9 Å². The molecule has 0 aromatic carbocycles. The summed E-state index contributed by atoms with van der Waals surface area (Å²) in [5, 5.41) is 0. The Morgan fingerprint density at radius 2 is 1.00 bits per heavy atom. The van der Waals surface area contributed by atoms with Gasteiger partial charge in [0.25, 0.3) is 0 Å². The maximum atomic E-state index is 11.0. The van der Waals surface area contributed by atoms with E-state index in [2.05, 4.69) is 0 Å². The van der Waals surface area contributed by atoms with E-state index in [1.807, 2.05) is 67.8 Å². The van der Waals surface area contributed by atoms with Gasteiger partial charge in [-0.25, -0.2) is 0 Å². The molecule has 0 saturated carbocycles. The summed E-state index contributed by atoms with van der Waals surface area (Å²) < 4.78 is 14.8. The van der Waals surface area contributed by atoms with Gasteiger partial charge in [-0.3, -0.25) is 0 Å². The summed E-state index contributed by atoms with van der Waals surface area (Å²) in [5.74, 6) is -1.61. The second-order valence-corrected chi connectivity index (χ2v) is 8.11. The first-order valence-electron chi connectivity index (χ1n) is 3.79. The summed E-state index contributed by atoms with van der Waals surface area (Å²) in [6, 6.07) is 0. The van der Waals surface area contributed by atoms with Gasteiger partial charge in [-0.2, -0.15) is 0 Å². The molecular formula is C6H6I3InO6. The summed E-state index contributed by atoms with van der Waals surface area (Å²) in [6.45, 7) is 0. The predicted octanol–water partition coefficient (Wildman–Crippen LogP) is 0.906. The molecule has 0 aliphatic carbocycles. The van der Waals surface area contributed by atoms with Crippen molar-refractivity contribution in [2.75, 3.05) is 13.3 Å². The second kappa shape index (κ2) is 10.4. The molecule has 0 aromatic rings. The van der Waals surface area contributed by atoms with E-state index >= 15 is 0 Å². The summed E-state index contributed by atoms with van der Waals surface area (Å²) in [7, 11) is 0. The first kappa shape index (κ1) is 17.5. The Morgan fingerprint density at radius 3 is 1.19 bits per heavy atom. The first-order chi connectivity index (χ1) is 7.53. The molecule has 90 valence electrons. The van der Waals surface area contributed by atoms with E-state index in [0.29, 0.717) is 0 Å². The number of halogens is 3. The quantitative estimate of drug-likeness (QED) is 0.309. The number of alkyl halides is 3. The Morgan fingerprint density at radius 1 is 0.750 bits per heavy atom. The Labute approximate surface area is 142 Å². The summed E-state index contributed by atoms with van der Waals surface area (Å²) >= 11 is 1.67. The van der Waals surface area contributed by atoms with Crippen LogP contribution in [0.4, 0.5) is 0 Å². The normalized spacial score (nSPS) is 9.19. The Balaban J connectivity index is 4.31. The zero-order chi connectivity index (χ0) is 12.6. The number of carbonyl (C=O) groups is 3. The second-order valence-electron chi connectivity index (χ2n) is 2.16. The number of hydrogen-bond acceptors (Lipinski definition) is 6. The third-order valence-corrected chi connectivity index (χ3v) is 6.78. The van der Waals surface area contributed by atoms with Crippen molar-refractivity contribution in [1.29, 1.82) is 0 Å². The van der Waals surface area contributed by atoms with Crippen LogP contribution in [0.15, 0.2) is 0 Å². The molecule has 0 spiro atoms. The molecule has 0 bridgehead atoms. The SMILES string of the molecule is O=C(CI)[O][In]([O]C(=O)CI)[O]C(=O)CI. The van der Waals surface area contributed by atoms with Crippen LogP contribution in [0.3, 0.4) is 0 Å². The fourth-order valence-electron chi connectivity index (χ4n) is 0.489. The molecule has 0 saturated heterocycles. The average molecular weight is 670 g/mol. The van der Waals surface area contributed by atoms with Gasteiger partial charge in [-0.15, -0.1) is 0 Å². The van der Waals surface area contributed by atoms with E-state index in [0.717, 1.165) is 0 Å². The third kappa shape index (κ3) is 8.54. The summed E-state index contributed by atoms with van der Waals surface area (Å²) in [4.78, 5) is 33.0. The van der Waals surface area contributed by atoms with Gasteiger partial charge in [0.05, 0.1) is 0 Å². The molecule has 0 rings (SSSR count). The van der Waals surface area contributed by atoms with Crippen LogP contribution in [0, 0.1) is 0 Å². The molecule has 0 aromatic heterocycles. The molecule has 0 amide bonds. The van der Waals surface area contributed by atoms with Gasteiger partial charge < -0.3 is 0 Å². The van der Waals surface area contributed by atoms with E-state index < -0.39 is 40.7 Å². The van der Waals surface area contributed by atoms with Crippen molar-refractivity contribution in [2.45, 2.75) is 0 Å². The van der Waals surface area contributed by atoms with Crippen molar-refractivity contribution in [3.8, 4) is 0 Å². The van der Waals surface area contributed by atoms with E-state index in [1.54, 1.807) is 0 Å². The van der Waals surface area contributed by atoms with Gasteiger partial charge in [-0.05, 0) is 0 Å². The van der Waals surface area contributed by atoms with Crippen molar-refractivity contribution in [2.24, 2.45) is 0 Å². The van der Waals surface area contributed by atoms with Gasteiger partial charge >= 0.3 is 145 Å². The molecule has 0 N–H and O–H groups in total. The molecule has 0 atom stereocenters. The molecular weight excluding hydrogens is 664 g/mol. The first-order valence-corrected chi connectivity index (χ1v) is 12.4. The molecule has 16 heavy (non-hydrogen) atoms. The molecule has 0 fully saturated rings. The van der Waals surface area contributed by atoms with Crippen LogP contribution in [0.2, 0.25) is 0 Å². The van der Waals surface area contributed by atoms with E-state index in [4.69, 9.17) is 8.56 Å². The van der Waals surface area contributed by atoms with Gasteiger partial charge in [0.2, 0.25) is 0 Å². The van der Waals surface area contributed by atoms with Gasteiger partial charge in [0.1, 0.15) is 0 Å². The molecule has 10 heteroatoms. The topological polar surface area (TPSA) is 78.9 Å². The fourth-order valence-corrected chi connectivity index (χ4v) is 6.90. The Kier molecular flexibility index (Phi) is 11.4. The number of rotatable bonds is 6. The van der Waals surface area contributed by atoms with E-state index in [9.17, 15) is 14.4 Å². The van der Waals surface area contributed by atoms with Gasteiger partial charge in [0.15, 0.2) is 0 Å². The molecule has 0 aliphatic rings. The minimum absolute atomic E-state index is 0.120. The Bertz CT molecular complexity index is 230. The van der Waals surface area contributed by atoms with Crippen LogP contribution in [-0.4, -0.2) is 53.9 Å². The van der Waals surface area contributed by atoms with E-state index in [1.165, 1.54) is 0 Å². The molecule has 0 radical (unpaired) electrons. The molecule has 0 unspecified atom stereocenters. The fraction of sp³-hybridized carbons (Fsp3) is 0.500. The number of hydrogen-bond donors (Lipinski definition) is 0. The zero-order valence-electron chi connectivity index (χ0n) is 7.78. The van der Waals surface area contributed by atoms with Crippen LogP contribution in [0.25, 0.3) is 0 Å². The van der Waals surface area contributed by atoms with Crippen LogP contribution >= 0.6 is 67.8 Å². The van der Waals surface area contributed by atoms with Crippen molar-refractivity contribution >= 4 is 108 Å². The van der Waals surface area contributed by atoms with Gasteiger partial charge in [-0.1, -0.05) is 0 Å². The van der Waals surface area contributed by atoms with Crippen LogP contribution in [-0.2, 0) is 22.9 Å². The zero-order valence-corrected chi connectivity index (χ0v) is 17.6.